The highest BCUT2D eigenvalue weighted by Crippen LogP contribution is 2.24. The molecule has 1 amide bonds. The standard InChI is InChI=1S/C15H24N2O/c1-11(2)14(18)16-12-8-7-9-13(10-12)17(6)15(3,4)5/h7-11H,1-6H3,(H,16,18). The number of nitrogens with zero attached hydrogens (tertiary/aromatic N) is 1. The van der Waals surface area contributed by atoms with E-state index in [0.29, 0.717) is 0 Å². The molecule has 0 atom stereocenters. The van der Waals surface area contributed by atoms with Gasteiger partial charge in [0.2, 0.25) is 5.91 Å². The number of nitrogens with one attached hydrogen (secondary N) is 1. The molecule has 0 aromatic heterocycles. The van der Waals surface area contributed by atoms with Crippen LogP contribution in [-0.2, 0) is 4.79 Å². The lowest BCUT2D eigenvalue weighted by Crippen LogP contribution is -2.38. The van der Waals surface area contributed by atoms with Crippen LogP contribution in [0.1, 0.15) is 34.6 Å². The summed E-state index contributed by atoms with van der Waals surface area (Å²) in [6, 6.07) is 7.94. The second kappa shape index (κ2) is 5.42. The average molecular weight is 248 g/mol. The molecule has 0 saturated carbocycles. The third-order valence-corrected chi connectivity index (χ3v) is 3.03. The summed E-state index contributed by atoms with van der Waals surface area (Å²) in [4.78, 5) is 13.9. The summed E-state index contributed by atoms with van der Waals surface area (Å²) in [5.41, 5.74) is 2.01. The molecule has 100 valence electrons. The lowest BCUT2D eigenvalue weighted by molar-refractivity contribution is -0.118. The van der Waals surface area contributed by atoms with Gasteiger partial charge in [-0.1, -0.05) is 19.9 Å². The molecule has 0 aliphatic rings. The monoisotopic (exact) mass is 248 g/mol. The first-order chi connectivity index (χ1) is 8.21. The van der Waals surface area contributed by atoms with E-state index in [9.17, 15) is 4.79 Å². The zero-order valence-electron chi connectivity index (χ0n) is 12.2. The molecular formula is C15H24N2O. The Morgan fingerprint density at radius 3 is 2.39 bits per heavy atom. The summed E-state index contributed by atoms with van der Waals surface area (Å²) in [6.45, 7) is 10.3. The molecule has 1 rings (SSSR count). The van der Waals surface area contributed by atoms with E-state index >= 15 is 0 Å². The van der Waals surface area contributed by atoms with Gasteiger partial charge in [0.05, 0.1) is 0 Å². The third-order valence-electron chi connectivity index (χ3n) is 3.03. The number of rotatable bonds is 3. The van der Waals surface area contributed by atoms with Crippen molar-refractivity contribution < 1.29 is 4.79 Å². The molecule has 0 bridgehead atoms. The van der Waals surface area contributed by atoms with Crippen LogP contribution in [-0.4, -0.2) is 18.5 Å². The zero-order chi connectivity index (χ0) is 13.9. The van der Waals surface area contributed by atoms with E-state index in [-0.39, 0.29) is 17.4 Å². The van der Waals surface area contributed by atoms with Crippen molar-refractivity contribution in [3.8, 4) is 0 Å². The van der Waals surface area contributed by atoms with Crippen LogP contribution < -0.4 is 10.2 Å². The maximum atomic E-state index is 11.7. The topological polar surface area (TPSA) is 32.3 Å². The Labute approximate surface area is 110 Å². The quantitative estimate of drug-likeness (QED) is 0.887. The van der Waals surface area contributed by atoms with Crippen LogP contribution in [0, 0.1) is 5.92 Å². The first kappa shape index (κ1) is 14.6. The van der Waals surface area contributed by atoms with Gasteiger partial charge in [-0.25, -0.2) is 0 Å². The SMILES string of the molecule is CC(C)C(=O)Nc1cccc(N(C)C(C)(C)C)c1. The van der Waals surface area contributed by atoms with Crippen molar-refractivity contribution in [3.05, 3.63) is 24.3 Å². The number of hydrogen-bond acceptors (Lipinski definition) is 2. The van der Waals surface area contributed by atoms with Crippen molar-refractivity contribution in [3.63, 3.8) is 0 Å². The summed E-state index contributed by atoms with van der Waals surface area (Å²) in [6.07, 6.45) is 0. The maximum Gasteiger partial charge on any atom is 0.226 e. The molecule has 0 heterocycles. The summed E-state index contributed by atoms with van der Waals surface area (Å²) >= 11 is 0. The van der Waals surface area contributed by atoms with Crippen molar-refractivity contribution in [2.24, 2.45) is 5.92 Å². The van der Waals surface area contributed by atoms with Gasteiger partial charge in [-0.3, -0.25) is 4.79 Å². The van der Waals surface area contributed by atoms with Gasteiger partial charge < -0.3 is 10.2 Å². The minimum absolute atomic E-state index is 0.00555. The summed E-state index contributed by atoms with van der Waals surface area (Å²) in [5.74, 6) is 0.0413. The average Bonchev–Trinajstić information content (AvgIpc) is 2.27. The van der Waals surface area contributed by atoms with Crippen molar-refractivity contribution in [1.82, 2.24) is 0 Å². The number of anilines is 2. The van der Waals surface area contributed by atoms with Crippen LogP contribution in [0.3, 0.4) is 0 Å². The van der Waals surface area contributed by atoms with Crippen LogP contribution in [0.4, 0.5) is 11.4 Å². The summed E-state index contributed by atoms with van der Waals surface area (Å²) < 4.78 is 0. The molecule has 0 radical (unpaired) electrons. The van der Waals surface area contributed by atoms with Gasteiger partial charge in [0, 0.05) is 29.9 Å². The number of amides is 1. The number of carbonyl (C=O) groups is 1. The molecule has 1 N–H and O–H groups in total. The lowest BCUT2D eigenvalue weighted by Gasteiger charge is -2.34. The molecule has 0 aliphatic heterocycles. The molecule has 3 heteroatoms. The first-order valence-corrected chi connectivity index (χ1v) is 6.36. The van der Waals surface area contributed by atoms with Crippen molar-refractivity contribution >= 4 is 17.3 Å². The predicted molar refractivity (Wildman–Crippen MR) is 78.1 cm³/mol. The van der Waals surface area contributed by atoms with Crippen LogP contribution in [0.15, 0.2) is 24.3 Å². The fraction of sp³-hybridized carbons (Fsp3) is 0.533. The van der Waals surface area contributed by atoms with E-state index in [0.717, 1.165) is 11.4 Å². The van der Waals surface area contributed by atoms with E-state index in [4.69, 9.17) is 0 Å². The smallest absolute Gasteiger partial charge is 0.226 e. The Morgan fingerprint density at radius 1 is 1.28 bits per heavy atom. The van der Waals surface area contributed by atoms with Crippen LogP contribution >= 0.6 is 0 Å². The number of carbonyl (C=O) groups excluding carboxylic acids is 1. The largest absolute Gasteiger partial charge is 0.370 e. The van der Waals surface area contributed by atoms with Gasteiger partial charge in [-0.05, 0) is 39.0 Å². The molecule has 18 heavy (non-hydrogen) atoms. The Bertz CT molecular complexity index is 419. The van der Waals surface area contributed by atoms with Gasteiger partial charge in [0.15, 0.2) is 0 Å². The van der Waals surface area contributed by atoms with Gasteiger partial charge in [0.1, 0.15) is 0 Å². The Kier molecular flexibility index (Phi) is 4.38. The fourth-order valence-corrected chi connectivity index (χ4v) is 1.47. The minimum Gasteiger partial charge on any atom is -0.370 e. The van der Waals surface area contributed by atoms with Crippen molar-refractivity contribution in [2.45, 2.75) is 40.2 Å². The molecule has 0 spiro atoms. The Balaban J connectivity index is 2.89. The molecular weight excluding hydrogens is 224 g/mol. The van der Waals surface area contributed by atoms with E-state index in [1.807, 2.05) is 32.0 Å². The van der Waals surface area contributed by atoms with Crippen molar-refractivity contribution in [2.75, 3.05) is 17.3 Å². The zero-order valence-corrected chi connectivity index (χ0v) is 12.2. The first-order valence-electron chi connectivity index (χ1n) is 6.36. The van der Waals surface area contributed by atoms with Gasteiger partial charge in [-0.15, -0.1) is 0 Å². The van der Waals surface area contributed by atoms with E-state index < -0.39 is 0 Å². The normalized spacial score (nSPS) is 11.5. The summed E-state index contributed by atoms with van der Waals surface area (Å²) in [7, 11) is 2.06. The molecule has 0 fully saturated rings. The van der Waals surface area contributed by atoms with Crippen LogP contribution in [0.2, 0.25) is 0 Å². The molecule has 1 aromatic carbocycles. The molecule has 3 nitrogen and oxygen atoms in total. The molecule has 0 saturated heterocycles. The maximum absolute atomic E-state index is 11.7. The van der Waals surface area contributed by atoms with E-state index in [1.165, 1.54) is 0 Å². The molecule has 1 aromatic rings. The molecule has 0 aliphatic carbocycles. The fourth-order valence-electron chi connectivity index (χ4n) is 1.47. The molecule has 0 unspecified atom stereocenters. The van der Waals surface area contributed by atoms with E-state index in [1.54, 1.807) is 0 Å². The van der Waals surface area contributed by atoms with Crippen LogP contribution in [0.5, 0.6) is 0 Å². The highest BCUT2D eigenvalue weighted by molar-refractivity contribution is 5.92. The highest BCUT2D eigenvalue weighted by Gasteiger charge is 2.17. The Morgan fingerprint density at radius 2 is 1.89 bits per heavy atom. The van der Waals surface area contributed by atoms with E-state index in [2.05, 4.69) is 44.1 Å². The Hall–Kier alpha value is -1.51. The number of hydrogen-bond donors (Lipinski definition) is 1. The van der Waals surface area contributed by atoms with Crippen LogP contribution in [0.25, 0.3) is 0 Å². The van der Waals surface area contributed by atoms with Crippen molar-refractivity contribution in [1.29, 1.82) is 0 Å². The third kappa shape index (κ3) is 3.76. The second-order valence-electron chi connectivity index (χ2n) is 5.92. The van der Waals surface area contributed by atoms with Gasteiger partial charge >= 0.3 is 0 Å². The highest BCUT2D eigenvalue weighted by atomic mass is 16.1. The minimum atomic E-state index is -0.00555. The van der Waals surface area contributed by atoms with Gasteiger partial charge in [-0.2, -0.15) is 0 Å². The second-order valence-corrected chi connectivity index (χ2v) is 5.92. The lowest BCUT2D eigenvalue weighted by atomic mass is 10.1. The van der Waals surface area contributed by atoms with Gasteiger partial charge in [0.25, 0.3) is 0 Å². The predicted octanol–water partition coefficient (Wildman–Crippen LogP) is 3.52. The summed E-state index contributed by atoms with van der Waals surface area (Å²) in [5, 5.41) is 2.92. The number of benzene rings is 1.